The van der Waals surface area contributed by atoms with E-state index in [0.29, 0.717) is 36.4 Å². The first-order valence-corrected chi connectivity index (χ1v) is 13.1. The number of carbonyl (C=O) groups is 3. The molecule has 2 atom stereocenters. The zero-order chi connectivity index (χ0) is 26.8. The number of halogens is 1. The number of nitrogens with one attached hydrogen (secondary N) is 1. The fourth-order valence-corrected chi connectivity index (χ4v) is 5.77. The number of nitrogens with zero attached hydrogens (tertiary/aromatic N) is 1. The first-order chi connectivity index (χ1) is 18.4. The van der Waals surface area contributed by atoms with Gasteiger partial charge in [0.05, 0.1) is 5.69 Å². The van der Waals surface area contributed by atoms with E-state index in [1.807, 2.05) is 24.3 Å². The third-order valence-electron chi connectivity index (χ3n) is 7.85. The van der Waals surface area contributed by atoms with E-state index in [9.17, 15) is 14.4 Å². The summed E-state index contributed by atoms with van der Waals surface area (Å²) in [4.78, 5) is 38.6. The summed E-state index contributed by atoms with van der Waals surface area (Å²) in [6.45, 7) is 1.37. The Morgan fingerprint density at radius 1 is 1.18 bits per heavy atom. The van der Waals surface area contributed by atoms with Crippen molar-refractivity contribution in [3.8, 4) is 0 Å². The summed E-state index contributed by atoms with van der Waals surface area (Å²) < 4.78 is 20.7. The molecule has 0 aliphatic carbocycles. The van der Waals surface area contributed by atoms with Crippen LogP contribution >= 0.6 is 0 Å². The summed E-state index contributed by atoms with van der Waals surface area (Å²) in [6, 6.07) is 13.4. The van der Waals surface area contributed by atoms with Crippen molar-refractivity contribution < 1.29 is 23.5 Å². The van der Waals surface area contributed by atoms with Crippen LogP contribution in [0.2, 0.25) is 0 Å². The van der Waals surface area contributed by atoms with Gasteiger partial charge in [-0.3, -0.25) is 14.5 Å². The van der Waals surface area contributed by atoms with Crippen molar-refractivity contribution in [3.63, 3.8) is 0 Å². The molecule has 38 heavy (non-hydrogen) atoms. The van der Waals surface area contributed by atoms with Crippen LogP contribution in [0.15, 0.2) is 48.5 Å². The molecule has 0 radical (unpaired) electrons. The molecule has 0 spiro atoms. The fourth-order valence-electron chi connectivity index (χ4n) is 5.77. The number of ether oxygens (including phenoxy) is 1. The topological polar surface area (TPSA) is 102 Å². The second-order valence-electron chi connectivity index (χ2n) is 10.0. The second kappa shape index (κ2) is 11.0. The van der Waals surface area contributed by atoms with Gasteiger partial charge in [0, 0.05) is 50.1 Å². The number of likely N-dealkylation sites (N-methyl/N-ethyl adjacent to an activating group) is 1. The van der Waals surface area contributed by atoms with Crippen LogP contribution in [0, 0.1) is 11.7 Å². The number of rotatable bonds is 9. The lowest BCUT2D eigenvalue weighted by Crippen LogP contribution is -2.47. The molecule has 1 saturated heterocycles. The Bertz CT molecular complexity index is 1390. The van der Waals surface area contributed by atoms with E-state index in [1.165, 1.54) is 11.9 Å². The van der Waals surface area contributed by atoms with Crippen molar-refractivity contribution >= 4 is 34.6 Å². The zero-order valence-electron chi connectivity index (χ0n) is 21.4. The summed E-state index contributed by atoms with van der Waals surface area (Å²) in [5.74, 6) is -0.637. The minimum Gasteiger partial charge on any atom is -0.381 e. The minimum atomic E-state index is -0.802. The van der Waals surface area contributed by atoms with E-state index in [2.05, 4.69) is 5.32 Å². The number of amides is 2. The molecule has 5 rings (SSSR count). The summed E-state index contributed by atoms with van der Waals surface area (Å²) in [5.41, 5.74) is 9.80. The normalized spacial score (nSPS) is 17.0. The number of nitrogens with two attached hydrogens (primary N) is 1. The minimum absolute atomic E-state index is 0.160. The van der Waals surface area contributed by atoms with Gasteiger partial charge in [-0.25, -0.2) is 4.39 Å². The van der Waals surface area contributed by atoms with Gasteiger partial charge in [0.15, 0.2) is 0 Å². The smallest absolute Gasteiger partial charge is 0.259 e. The van der Waals surface area contributed by atoms with E-state index in [4.69, 9.17) is 10.5 Å². The molecule has 0 saturated carbocycles. The molecule has 2 unspecified atom stereocenters. The molecule has 0 bridgehead atoms. The molecule has 7 nitrogen and oxygen atoms in total. The predicted molar refractivity (Wildman–Crippen MR) is 144 cm³/mol. The Hall–Kier alpha value is -3.62. The highest BCUT2D eigenvalue weighted by atomic mass is 19.1. The molecule has 0 aromatic heterocycles. The van der Waals surface area contributed by atoms with Crippen molar-refractivity contribution in [2.24, 2.45) is 11.7 Å². The number of hydrogen-bond acceptors (Lipinski definition) is 5. The lowest BCUT2D eigenvalue weighted by Gasteiger charge is -2.28. The Morgan fingerprint density at radius 3 is 2.66 bits per heavy atom. The predicted octanol–water partition coefficient (Wildman–Crippen LogP) is 4.05. The van der Waals surface area contributed by atoms with Crippen LogP contribution in [-0.4, -0.2) is 44.4 Å². The van der Waals surface area contributed by atoms with Gasteiger partial charge >= 0.3 is 0 Å². The summed E-state index contributed by atoms with van der Waals surface area (Å²) in [7, 11) is 1.51. The van der Waals surface area contributed by atoms with E-state index in [-0.39, 0.29) is 42.4 Å². The van der Waals surface area contributed by atoms with E-state index >= 15 is 4.39 Å². The van der Waals surface area contributed by atoms with Gasteiger partial charge in [0.2, 0.25) is 5.91 Å². The first kappa shape index (κ1) is 26.0. The highest BCUT2D eigenvalue weighted by Crippen LogP contribution is 2.41. The summed E-state index contributed by atoms with van der Waals surface area (Å²) in [5, 5.41) is 4.19. The number of benzene rings is 3. The van der Waals surface area contributed by atoms with Crippen molar-refractivity contribution in [2.75, 3.05) is 25.2 Å². The molecule has 3 aromatic carbocycles. The molecule has 3 N–H and O–H groups in total. The van der Waals surface area contributed by atoms with Gasteiger partial charge in [0.1, 0.15) is 18.1 Å². The standard InChI is InChI=1S/C30H32FN3O4/c1-33-29(36)26(6-3-13-35)34-25-10-9-19(22-4-2-5-23(27(22)25)30(34)37)16-20-7-8-21(17-24(20)31)28(32)18-11-14-38-15-12-18/h2,4-5,7-10,13,17-18,26,28H,3,6,11-12,14-16,32H2,1H3,(H,33,36). The van der Waals surface area contributed by atoms with Crippen molar-refractivity contribution in [2.45, 2.75) is 44.2 Å². The van der Waals surface area contributed by atoms with Crippen molar-refractivity contribution in [1.82, 2.24) is 5.32 Å². The molecule has 2 aliphatic rings. The zero-order valence-corrected chi connectivity index (χ0v) is 21.4. The SMILES string of the molecule is CNC(=O)C(CCC=O)N1C(=O)c2cccc3c(Cc4ccc(C(N)C5CCOCC5)cc4F)ccc1c23. The van der Waals surface area contributed by atoms with Crippen LogP contribution < -0.4 is 16.0 Å². The lowest BCUT2D eigenvalue weighted by atomic mass is 9.87. The number of anilines is 1. The van der Waals surface area contributed by atoms with Gasteiger partial charge in [-0.2, -0.15) is 0 Å². The van der Waals surface area contributed by atoms with Crippen LogP contribution in [0.1, 0.15) is 58.8 Å². The molecule has 1 fully saturated rings. The van der Waals surface area contributed by atoms with Crippen molar-refractivity contribution in [1.29, 1.82) is 0 Å². The number of hydrogen-bond donors (Lipinski definition) is 2. The van der Waals surface area contributed by atoms with Gasteiger partial charge in [0.25, 0.3) is 5.91 Å². The van der Waals surface area contributed by atoms with Gasteiger partial charge in [-0.15, -0.1) is 0 Å². The molecule has 198 valence electrons. The highest BCUT2D eigenvalue weighted by Gasteiger charge is 2.38. The average molecular weight is 518 g/mol. The number of aldehydes is 1. The lowest BCUT2D eigenvalue weighted by molar-refractivity contribution is -0.122. The van der Waals surface area contributed by atoms with Crippen LogP contribution in [0.25, 0.3) is 10.8 Å². The molecule has 2 amide bonds. The second-order valence-corrected chi connectivity index (χ2v) is 10.0. The first-order valence-electron chi connectivity index (χ1n) is 13.1. The third-order valence-corrected chi connectivity index (χ3v) is 7.85. The van der Waals surface area contributed by atoms with Crippen molar-refractivity contribution in [3.05, 3.63) is 76.6 Å². The van der Waals surface area contributed by atoms with Gasteiger partial charge in [-0.05, 0) is 65.5 Å². The largest absolute Gasteiger partial charge is 0.381 e. The maximum Gasteiger partial charge on any atom is 0.259 e. The van der Waals surface area contributed by atoms with Gasteiger partial charge < -0.3 is 20.6 Å². The molecule has 8 heteroatoms. The Kier molecular flexibility index (Phi) is 7.53. The maximum atomic E-state index is 15.3. The summed E-state index contributed by atoms with van der Waals surface area (Å²) in [6.07, 6.45) is 3.22. The van der Waals surface area contributed by atoms with Gasteiger partial charge in [-0.1, -0.05) is 30.3 Å². The quantitative estimate of drug-likeness (QED) is 0.417. The monoisotopic (exact) mass is 517 g/mol. The van der Waals surface area contributed by atoms with Crippen LogP contribution in [0.3, 0.4) is 0 Å². The highest BCUT2D eigenvalue weighted by molar-refractivity contribution is 6.27. The average Bonchev–Trinajstić information content (AvgIpc) is 3.23. The fraction of sp³-hybridized carbons (Fsp3) is 0.367. The number of carbonyl (C=O) groups excluding carboxylic acids is 3. The molecule has 3 aromatic rings. The summed E-state index contributed by atoms with van der Waals surface area (Å²) >= 11 is 0. The molecular weight excluding hydrogens is 485 g/mol. The van der Waals surface area contributed by atoms with Crippen LogP contribution in [0.5, 0.6) is 0 Å². The maximum absolute atomic E-state index is 15.3. The molecular formula is C30H32FN3O4. The Morgan fingerprint density at radius 2 is 1.95 bits per heavy atom. The van der Waals surface area contributed by atoms with E-state index in [1.54, 1.807) is 24.3 Å². The van der Waals surface area contributed by atoms with Crippen LogP contribution in [0.4, 0.5) is 10.1 Å². The Balaban J connectivity index is 1.46. The van der Waals surface area contributed by atoms with E-state index in [0.717, 1.165) is 41.0 Å². The Labute approximate surface area is 221 Å². The molecule has 2 aliphatic heterocycles. The van der Waals surface area contributed by atoms with Crippen LogP contribution in [-0.2, 0) is 20.7 Å². The van der Waals surface area contributed by atoms with E-state index < -0.39 is 6.04 Å². The third kappa shape index (κ3) is 4.70. The molecule has 2 heterocycles.